The van der Waals surface area contributed by atoms with E-state index >= 15 is 0 Å². The van der Waals surface area contributed by atoms with Crippen molar-refractivity contribution in [1.82, 2.24) is 4.98 Å². The number of nitrogens with zero attached hydrogens (tertiary/aromatic N) is 1. The third-order valence-electron chi connectivity index (χ3n) is 3.18. The van der Waals surface area contributed by atoms with Crippen molar-refractivity contribution >= 4 is 28.6 Å². The first kappa shape index (κ1) is 17.3. The Morgan fingerprint density at radius 2 is 2.09 bits per heavy atom. The van der Waals surface area contributed by atoms with E-state index in [1.165, 1.54) is 6.92 Å². The van der Waals surface area contributed by atoms with E-state index in [9.17, 15) is 4.79 Å². The van der Waals surface area contributed by atoms with Crippen LogP contribution in [0, 0.1) is 0 Å². The zero-order valence-corrected chi connectivity index (χ0v) is 15.0. The van der Waals surface area contributed by atoms with Gasteiger partial charge < -0.3 is 15.4 Å². The molecule has 0 aliphatic carbocycles. The largest absolute Gasteiger partial charge is 0.494 e. The van der Waals surface area contributed by atoms with Gasteiger partial charge in [-0.25, -0.2) is 4.98 Å². The molecule has 1 heterocycles. The lowest BCUT2D eigenvalue weighted by Gasteiger charge is -2.14. The molecule has 0 unspecified atom stereocenters. The molecular formula is C17H23N3O2S. The Morgan fingerprint density at radius 3 is 2.65 bits per heavy atom. The molecule has 0 aliphatic heterocycles. The van der Waals surface area contributed by atoms with E-state index in [4.69, 9.17) is 4.74 Å². The Labute approximate surface area is 141 Å². The zero-order chi connectivity index (χ0) is 17.0. The molecule has 23 heavy (non-hydrogen) atoms. The number of carbonyl (C=O) groups excluding carboxylic acids is 1. The maximum absolute atomic E-state index is 11.2. The first-order valence-electron chi connectivity index (χ1n) is 7.44. The normalized spacial score (nSPS) is 11.2. The van der Waals surface area contributed by atoms with E-state index in [-0.39, 0.29) is 11.3 Å². The lowest BCUT2D eigenvalue weighted by atomic mass is 9.98. The Bertz CT molecular complexity index is 689. The predicted molar refractivity (Wildman–Crippen MR) is 95.4 cm³/mol. The summed E-state index contributed by atoms with van der Waals surface area (Å²) in [7, 11) is 1.58. The first-order chi connectivity index (χ1) is 10.8. The Kier molecular flexibility index (Phi) is 5.26. The van der Waals surface area contributed by atoms with Gasteiger partial charge >= 0.3 is 0 Å². The van der Waals surface area contributed by atoms with E-state index in [0.29, 0.717) is 18.0 Å². The van der Waals surface area contributed by atoms with Gasteiger partial charge in [0.2, 0.25) is 5.91 Å². The van der Waals surface area contributed by atoms with Gasteiger partial charge in [-0.15, -0.1) is 11.3 Å². The fraction of sp³-hybridized carbons (Fsp3) is 0.412. The van der Waals surface area contributed by atoms with Gasteiger partial charge in [0.15, 0.2) is 0 Å². The smallest absolute Gasteiger partial charge is 0.221 e. The maximum Gasteiger partial charge on any atom is 0.221 e. The highest BCUT2D eigenvalue weighted by atomic mass is 32.1. The van der Waals surface area contributed by atoms with Gasteiger partial charge in [-0.3, -0.25) is 4.79 Å². The van der Waals surface area contributed by atoms with E-state index in [0.717, 1.165) is 16.4 Å². The number of nitrogens with one attached hydrogen (secondary N) is 2. The second-order valence-electron chi connectivity index (χ2n) is 6.34. The molecule has 124 valence electrons. The summed E-state index contributed by atoms with van der Waals surface area (Å²) >= 11 is 1.69. The van der Waals surface area contributed by atoms with Crippen LogP contribution in [0.1, 0.15) is 38.4 Å². The fourth-order valence-electron chi connectivity index (χ4n) is 2.02. The topological polar surface area (TPSA) is 63.2 Å². The number of aromatic nitrogens is 1. The van der Waals surface area contributed by atoms with Crippen molar-refractivity contribution < 1.29 is 9.53 Å². The molecule has 2 N–H and O–H groups in total. The lowest BCUT2D eigenvalue weighted by molar-refractivity contribution is -0.114. The molecule has 0 atom stereocenters. The van der Waals surface area contributed by atoms with Crippen molar-refractivity contribution in [2.45, 2.75) is 39.7 Å². The summed E-state index contributed by atoms with van der Waals surface area (Å²) < 4.78 is 5.32. The summed E-state index contributed by atoms with van der Waals surface area (Å²) in [5.41, 5.74) is 2.67. The van der Waals surface area contributed by atoms with Crippen molar-refractivity contribution in [3.63, 3.8) is 0 Å². The average molecular weight is 333 g/mol. The predicted octanol–water partition coefficient (Wildman–Crippen LogP) is 4.02. The van der Waals surface area contributed by atoms with E-state index in [1.54, 1.807) is 18.4 Å². The fourth-order valence-corrected chi connectivity index (χ4v) is 2.93. The number of thiazole rings is 1. The number of anilines is 2. The number of ether oxygens (including phenoxy) is 1. The Morgan fingerprint density at radius 1 is 1.35 bits per heavy atom. The second-order valence-corrected chi connectivity index (χ2v) is 7.20. The number of rotatable bonds is 5. The summed E-state index contributed by atoms with van der Waals surface area (Å²) in [5, 5.41) is 9.29. The molecule has 0 fully saturated rings. The maximum atomic E-state index is 11.2. The van der Waals surface area contributed by atoms with Crippen LogP contribution in [0.4, 0.5) is 11.4 Å². The van der Waals surface area contributed by atoms with Crippen LogP contribution in [0.3, 0.4) is 0 Å². The molecular weight excluding hydrogens is 310 g/mol. The molecule has 1 amide bonds. The second kappa shape index (κ2) is 7.00. The summed E-state index contributed by atoms with van der Waals surface area (Å²) in [4.78, 5) is 15.8. The number of methoxy groups -OCH3 is 1. The molecule has 0 bridgehead atoms. The van der Waals surface area contributed by atoms with E-state index in [1.807, 2.05) is 18.2 Å². The molecule has 1 aromatic heterocycles. The van der Waals surface area contributed by atoms with Crippen molar-refractivity contribution in [3.8, 4) is 5.75 Å². The van der Waals surface area contributed by atoms with Gasteiger partial charge in [-0.1, -0.05) is 20.8 Å². The summed E-state index contributed by atoms with van der Waals surface area (Å²) in [6.07, 6.45) is 0. The van der Waals surface area contributed by atoms with E-state index in [2.05, 4.69) is 41.8 Å². The van der Waals surface area contributed by atoms with Crippen LogP contribution in [0.15, 0.2) is 23.6 Å². The van der Waals surface area contributed by atoms with Gasteiger partial charge in [-0.2, -0.15) is 0 Å². The van der Waals surface area contributed by atoms with Crippen LogP contribution >= 0.6 is 11.3 Å². The third-order valence-corrected chi connectivity index (χ3v) is 4.50. The average Bonchev–Trinajstić information content (AvgIpc) is 2.94. The Balaban J connectivity index is 2.06. The highest BCUT2D eigenvalue weighted by Gasteiger charge is 2.17. The minimum absolute atomic E-state index is 0.0755. The highest BCUT2D eigenvalue weighted by Crippen LogP contribution is 2.29. The van der Waals surface area contributed by atoms with E-state index < -0.39 is 0 Å². The molecule has 0 aliphatic rings. The third kappa shape index (κ3) is 4.69. The molecule has 6 heteroatoms. The Hall–Kier alpha value is -2.08. The first-order valence-corrected chi connectivity index (χ1v) is 8.32. The number of hydrogen-bond donors (Lipinski definition) is 2. The highest BCUT2D eigenvalue weighted by molar-refractivity contribution is 7.09. The van der Waals surface area contributed by atoms with Crippen molar-refractivity contribution in [3.05, 3.63) is 34.3 Å². The summed E-state index contributed by atoms with van der Waals surface area (Å²) in [6, 6.07) is 5.59. The van der Waals surface area contributed by atoms with Crippen LogP contribution in [0.5, 0.6) is 5.75 Å². The van der Waals surface area contributed by atoms with Crippen LogP contribution in [0.25, 0.3) is 0 Å². The van der Waals surface area contributed by atoms with Crippen molar-refractivity contribution in [1.29, 1.82) is 0 Å². The molecule has 2 aromatic rings. The summed E-state index contributed by atoms with van der Waals surface area (Å²) in [6.45, 7) is 8.60. The number of hydrogen-bond acceptors (Lipinski definition) is 5. The SMILES string of the molecule is COc1cc(NCc2csc(C(C)(C)C)n2)ccc1NC(C)=O. The minimum Gasteiger partial charge on any atom is -0.494 e. The minimum atomic E-state index is -0.124. The molecule has 1 aromatic carbocycles. The van der Waals surface area contributed by atoms with Crippen molar-refractivity contribution in [2.75, 3.05) is 17.7 Å². The zero-order valence-electron chi connectivity index (χ0n) is 14.2. The number of amides is 1. The van der Waals surface area contributed by atoms with Gasteiger partial charge in [0.1, 0.15) is 5.75 Å². The quantitative estimate of drug-likeness (QED) is 0.867. The van der Waals surface area contributed by atoms with Gasteiger partial charge in [0, 0.05) is 29.5 Å². The summed E-state index contributed by atoms with van der Waals surface area (Å²) in [5.74, 6) is 0.500. The molecule has 0 spiro atoms. The van der Waals surface area contributed by atoms with Crippen molar-refractivity contribution in [2.24, 2.45) is 0 Å². The van der Waals surface area contributed by atoms with Crippen LogP contribution in [-0.2, 0) is 16.8 Å². The molecule has 0 saturated carbocycles. The standard InChI is InChI=1S/C17H23N3O2S/c1-11(21)19-14-7-6-12(8-15(14)22-5)18-9-13-10-23-16(20-13)17(2,3)4/h6-8,10,18H,9H2,1-5H3,(H,19,21). The number of benzene rings is 1. The van der Waals surface area contributed by atoms with Gasteiger partial charge in [-0.05, 0) is 12.1 Å². The molecule has 2 rings (SSSR count). The van der Waals surface area contributed by atoms with Crippen LogP contribution < -0.4 is 15.4 Å². The lowest BCUT2D eigenvalue weighted by Crippen LogP contribution is -2.11. The van der Waals surface area contributed by atoms with Crippen LogP contribution in [-0.4, -0.2) is 18.0 Å². The molecule has 0 saturated heterocycles. The number of carbonyl (C=O) groups is 1. The van der Waals surface area contributed by atoms with Gasteiger partial charge in [0.05, 0.1) is 30.0 Å². The molecule has 0 radical (unpaired) electrons. The molecule has 5 nitrogen and oxygen atoms in total. The monoisotopic (exact) mass is 333 g/mol. The van der Waals surface area contributed by atoms with Crippen LogP contribution in [0.2, 0.25) is 0 Å². The van der Waals surface area contributed by atoms with Gasteiger partial charge in [0.25, 0.3) is 0 Å².